The van der Waals surface area contributed by atoms with Crippen molar-refractivity contribution in [3.63, 3.8) is 0 Å². The Hall–Kier alpha value is -8.25. The molecule has 9 aromatic rings. The zero-order valence-corrected chi connectivity index (χ0v) is 32.8. The molecule has 9 rings (SSSR count). The van der Waals surface area contributed by atoms with Gasteiger partial charge in [-0.3, -0.25) is 14.4 Å². The average Bonchev–Trinajstić information content (AvgIpc) is 3.27. The summed E-state index contributed by atoms with van der Waals surface area (Å²) in [6.45, 7) is 0. The largest absolute Gasteiger partial charge is 0.495 e. The minimum atomic E-state index is -0.0935. The summed E-state index contributed by atoms with van der Waals surface area (Å²) in [5, 5.41) is 1.66. The van der Waals surface area contributed by atoms with Crippen molar-refractivity contribution in [3.05, 3.63) is 176 Å². The topological polar surface area (TPSA) is 196 Å². The van der Waals surface area contributed by atoms with Gasteiger partial charge in [-0.05, 0) is 72.8 Å². The summed E-state index contributed by atoms with van der Waals surface area (Å²) in [5.41, 5.74) is 22.7. The van der Waals surface area contributed by atoms with Gasteiger partial charge in [0.05, 0.1) is 54.6 Å². The molecule has 0 spiro atoms. The Morgan fingerprint density at radius 1 is 0.367 bits per heavy atom. The zero-order chi connectivity index (χ0) is 42.3. The van der Waals surface area contributed by atoms with Gasteiger partial charge in [0.15, 0.2) is 16.3 Å². The summed E-state index contributed by atoms with van der Waals surface area (Å²) < 4.78 is 32.9. The third-order valence-electron chi connectivity index (χ3n) is 9.56. The molecule has 0 amide bonds. The Morgan fingerprint density at radius 2 is 0.633 bits per heavy atom. The van der Waals surface area contributed by atoms with Gasteiger partial charge in [0.2, 0.25) is 0 Å². The van der Waals surface area contributed by atoms with Crippen molar-refractivity contribution in [2.75, 3.05) is 38.5 Å². The number of benzene rings is 6. The fourth-order valence-electron chi connectivity index (χ4n) is 6.52. The monoisotopic (exact) mass is 801 g/mol. The van der Waals surface area contributed by atoms with Gasteiger partial charge < -0.3 is 44.7 Å². The molecule has 0 radical (unpaired) electrons. The van der Waals surface area contributed by atoms with Gasteiger partial charge in [0.1, 0.15) is 51.3 Å². The maximum absolute atomic E-state index is 12.1. The summed E-state index contributed by atoms with van der Waals surface area (Å²) in [6.07, 6.45) is 0. The van der Waals surface area contributed by atoms with Gasteiger partial charge in [0, 0.05) is 34.9 Å². The van der Waals surface area contributed by atoms with E-state index < -0.39 is 0 Å². The van der Waals surface area contributed by atoms with Gasteiger partial charge in [-0.2, -0.15) is 0 Å². The van der Waals surface area contributed by atoms with Crippen LogP contribution >= 0.6 is 0 Å². The molecule has 0 aliphatic heterocycles. The molecule has 0 saturated carbocycles. The normalized spacial score (nSPS) is 10.7. The maximum atomic E-state index is 12.1. The predicted octanol–water partition coefficient (Wildman–Crippen LogP) is 9.15. The molecule has 0 unspecified atom stereocenters. The van der Waals surface area contributed by atoms with E-state index in [9.17, 15) is 14.4 Å². The number of ether oxygens (including phenoxy) is 3. The lowest BCUT2D eigenvalue weighted by atomic mass is 10.1. The third kappa shape index (κ3) is 8.11. The Kier molecular flexibility index (Phi) is 11.6. The quantitative estimate of drug-likeness (QED) is 0.135. The lowest BCUT2D eigenvalue weighted by Crippen LogP contribution is -2.01. The molecule has 6 aromatic carbocycles. The Morgan fingerprint density at radius 3 is 0.900 bits per heavy atom. The van der Waals surface area contributed by atoms with Crippen molar-refractivity contribution in [1.82, 2.24) is 0 Å². The van der Waals surface area contributed by atoms with Gasteiger partial charge >= 0.3 is 0 Å². The van der Waals surface area contributed by atoms with Gasteiger partial charge in [-0.15, -0.1) is 0 Å². The maximum Gasteiger partial charge on any atom is 0.193 e. The van der Waals surface area contributed by atoms with Crippen LogP contribution in [0.25, 0.3) is 66.9 Å². The van der Waals surface area contributed by atoms with E-state index in [4.69, 9.17) is 44.7 Å². The van der Waals surface area contributed by atoms with E-state index in [-0.39, 0.29) is 16.3 Å². The first kappa shape index (κ1) is 40.0. The number of rotatable bonds is 6. The van der Waals surface area contributed by atoms with Gasteiger partial charge in [0.25, 0.3) is 0 Å². The van der Waals surface area contributed by atoms with E-state index in [0.717, 1.165) is 0 Å². The molecule has 3 aromatic heterocycles. The summed E-state index contributed by atoms with van der Waals surface area (Å²) in [5.74, 6) is 2.97. The fourth-order valence-corrected chi connectivity index (χ4v) is 6.52. The Bertz CT molecular complexity index is 2850. The van der Waals surface area contributed by atoms with E-state index in [0.29, 0.717) is 101 Å². The van der Waals surface area contributed by atoms with Crippen LogP contribution in [-0.2, 0) is 0 Å². The highest BCUT2D eigenvalue weighted by molar-refractivity contribution is 5.85. The number of fused-ring (bicyclic) bond motifs is 3. The molecule has 0 atom stereocenters. The molecule has 0 saturated heterocycles. The Labute approximate surface area is 342 Å². The zero-order valence-electron chi connectivity index (χ0n) is 32.8. The first-order chi connectivity index (χ1) is 29.1. The minimum absolute atomic E-state index is 0.0935. The van der Waals surface area contributed by atoms with Crippen LogP contribution < -0.4 is 47.7 Å². The molecule has 60 heavy (non-hydrogen) atoms. The molecule has 12 heteroatoms. The van der Waals surface area contributed by atoms with Crippen molar-refractivity contribution < 1.29 is 27.5 Å². The molecule has 0 bridgehead atoms. The van der Waals surface area contributed by atoms with Crippen LogP contribution in [0.5, 0.6) is 17.2 Å². The van der Waals surface area contributed by atoms with Crippen LogP contribution in [0.2, 0.25) is 0 Å². The van der Waals surface area contributed by atoms with E-state index in [1.54, 1.807) is 131 Å². The van der Waals surface area contributed by atoms with Crippen LogP contribution in [0.1, 0.15) is 0 Å². The molecular weight excluding hydrogens is 763 g/mol. The highest BCUT2D eigenvalue weighted by Gasteiger charge is 2.15. The Balaban J connectivity index is 0.000000136. The van der Waals surface area contributed by atoms with E-state index >= 15 is 0 Å². The van der Waals surface area contributed by atoms with Gasteiger partial charge in [-0.1, -0.05) is 54.6 Å². The standard InChI is InChI=1S/3C16H13NO3/c3*1-19-14-8-4-6-11(16(14)17)15-9-12(18)10-5-2-3-7-13(10)20-15/h3*2-9H,17H2,1H3. The molecular formula is C48H39N3O9. The summed E-state index contributed by atoms with van der Waals surface area (Å²) in [7, 11) is 4.64. The summed E-state index contributed by atoms with van der Waals surface area (Å²) in [4.78, 5) is 36.3. The number of anilines is 3. The van der Waals surface area contributed by atoms with Crippen LogP contribution in [-0.4, -0.2) is 21.3 Å². The van der Waals surface area contributed by atoms with Crippen LogP contribution in [0.4, 0.5) is 17.1 Å². The molecule has 3 heterocycles. The highest BCUT2D eigenvalue weighted by Crippen LogP contribution is 2.36. The minimum Gasteiger partial charge on any atom is -0.495 e. The van der Waals surface area contributed by atoms with Crippen molar-refractivity contribution >= 4 is 50.0 Å². The lowest BCUT2D eigenvalue weighted by molar-refractivity contribution is 0.417. The van der Waals surface area contributed by atoms with Crippen molar-refractivity contribution in [1.29, 1.82) is 0 Å². The number of nitrogen functional groups attached to an aromatic ring is 3. The van der Waals surface area contributed by atoms with Crippen molar-refractivity contribution in [2.45, 2.75) is 0 Å². The smallest absolute Gasteiger partial charge is 0.193 e. The van der Waals surface area contributed by atoms with Crippen molar-refractivity contribution in [2.24, 2.45) is 0 Å². The molecule has 6 N–H and O–H groups in total. The van der Waals surface area contributed by atoms with Gasteiger partial charge in [-0.25, -0.2) is 0 Å². The number of hydrogen-bond acceptors (Lipinski definition) is 12. The molecule has 0 aliphatic rings. The average molecular weight is 802 g/mol. The third-order valence-corrected chi connectivity index (χ3v) is 9.56. The molecule has 12 nitrogen and oxygen atoms in total. The van der Waals surface area contributed by atoms with E-state index in [1.807, 2.05) is 18.2 Å². The van der Waals surface area contributed by atoms with Crippen molar-refractivity contribution in [3.8, 4) is 51.2 Å². The summed E-state index contributed by atoms with van der Waals surface area (Å²) in [6, 6.07) is 41.8. The first-order valence-corrected chi connectivity index (χ1v) is 18.5. The second-order valence-electron chi connectivity index (χ2n) is 13.2. The van der Waals surface area contributed by atoms with Crippen LogP contribution in [0, 0.1) is 0 Å². The fraction of sp³-hybridized carbons (Fsp3) is 0.0625. The first-order valence-electron chi connectivity index (χ1n) is 18.5. The molecule has 300 valence electrons. The summed E-state index contributed by atoms with van der Waals surface area (Å²) >= 11 is 0. The highest BCUT2D eigenvalue weighted by atomic mass is 16.5. The second-order valence-corrected chi connectivity index (χ2v) is 13.2. The molecule has 0 aliphatic carbocycles. The van der Waals surface area contributed by atoms with E-state index in [1.165, 1.54) is 18.2 Å². The number of para-hydroxylation sites is 6. The number of methoxy groups -OCH3 is 3. The molecule has 0 fully saturated rings. The number of nitrogens with two attached hydrogens (primary N) is 3. The predicted molar refractivity (Wildman–Crippen MR) is 237 cm³/mol. The SMILES string of the molecule is COc1cccc(-c2cc(=O)c3ccccc3o2)c1N.COc1cccc(-c2cc(=O)c3ccccc3o2)c1N.COc1cccc(-c2cc(=O)c3ccccc3o2)c1N. The van der Waals surface area contributed by atoms with Crippen LogP contribution in [0.15, 0.2) is 173 Å². The van der Waals surface area contributed by atoms with Crippen LogP contribution in [0.3, 0.4) is 0 Å². The van der Waals surface area contributed by atoms with E-state index in [2.05, 4.69) is 0 Å². The second kappa shape index (κ2) is 17.5. The lowest BCUT2D eigenvalue weighted by Gasteiger charge is -2.09. The number of hydrogen-bond donors (Lipinski definition) is 3.